The Balaban J connectivity index is 2.59. The first-order chi connectivity index (χ1) is 6.72. The molecule has 2 aromatic rings. The third-order valence-electron chi connectivity index (χ3n) is 2.41. The summed E-state index contributed by atoms with van der Waals surface area (Å²) in [6.07, 6.45) is 2.59. The summed E-state index contributed by atoms with van der Waals surface area (Å²) in [5, 5.41) is 10.7. The fourth-order valence-electron chi connectivity index (χ4n) is 1.66. The van der Waals surface area contributed by atoms with Gasteiger partial charge in [0, 0.05) is 30.8 Å². The van der Waals surface area contributed by atoms with Gasteiger partial charge in [-0.1, -0.05) is 23.7 Å². The van der Waals surface area contributed by atoms with Crippen molar-refractivity contribution in [1.82, 2.24) is 4.57 Å². The average molecular weight is 210 g/mol. The topological polar surface area (TPSA) is 25.2 Å². The van der Waals surface area contributed by atoms with Crippen molar-refractivity contribution in [3.8, 4) is 0 Å². The van der Waals surface area contributed by atoms with E-state index in [0.717, 1.165) is 21.5 Å². The maximum Gasteiger partial charge on any atom is 0.0661 e. The maximum absolute atomic E-state index is 8.83. The standard InChI is InChI=1S/C11H12ClNO/c1-13-7-10(12)9-3-2-8(4-5-14)6-11(9)13/h2-3,6-7,14H,4-5H2,1H3. The highest BCUT2D eigenvalue weighted by Gasteiger charge is 2.04. The van der Waals surface area contributed by atoms with Crippen molar-refractivity contribution < 1.29 is 5.11 Å². The molecule has 2 nitrogen and oxygen atoms in total. The first-order valence-electron chi connectivity index (χ1n) is 4.56. The highest BCUT2D eigenvalue weighted by atomic mass is 35.5. The number of halogens is 1. The van der Waals surface area contributed by atoms with Gasteiger partial charge in [-0.2, -0.15) is 0 Å². The molecule has 0 unspecified atom stereocenters. The number of aromatic nitrogens is 1. The summed E-state index contributed by atoms with van der Waals surface area (Å²) < 4.78 is 2.00. The molecule has 0 aliphatic rings. The van der Waals surface area contributed by atoms with Gasteiger partial charge in [0.1, 0.15) is 0 Å². The van der Waals surface area contributed by atoms with E-state index in [4.69, 9.17) is 16.7 Å². The van der Waals surface area contributed by atoms with Gasteiger partial charge in [0.25, 0.3) is 0 Å². The highest BCUT2D eigenvalue weighted by molar-refractivity contribution is 6.35. The number of aryl methyl sites for hydroxylation is 1. The van der Waals surface area contributed by atoms with Crippen molar-refractivity contribution in [2.45, 2.75) is 6.42 Å². The minimum absolute atomic E-state index is 0.184. The number of aliphatic hydroxyl groups is 1. The van der Waals surface area contributed by atoms with E-state index >= 15 is 0 Å². The van der Waals surface area contributed by atoms with Crippen molar-refractivity contribution in [3.63, 3.8) is 0 Å². The molecule has 0 radical (unpaired) electrons. The van der Waals surface area contributed by atoms with Crippen LogP contribution in [0.3, 0.4) is 0 Å². The quantitative estimate of drug-likeness (QED) is 0.807. The van der Waals surface area contributed by atoms with Gasteiger partial charge in [-0.25, -0.2) is 0 Å². The number of benzene rings is 1. The van der Waals surface area contributed by atoms with Gasteiger partial charge < -0.3 is 9.67 Å². The molecule has 0 spiro atoms. The molecule has 1 aromatic carbocycles. The second-order valence-corrected chi connectivity index (χ2v) is 3.82. The average Bonchev–Trinajstić information content (AvgIpc) is 2.43. The molecule has 0 saturated heterocycles. The number of fused-ring (bicyclic) bond motifs is 1. The first-order valence-corrected chi connectivity index (χ1v) is 4.94. The number of rotatable bonds is 2. The van der Waals surface area contributed by atoms with Crippen molar-refractivity contribution in [2.75, 3.05) is 6.61 Å². The maximum atomic E-state index is 8.83. The van der Waals surface area contributed by atoms with Crippen molar-refractivity contribution >= 4 is 22.5 Å². The molecule has 14 heavy (non-hydrogen) atoms. The van der Waals surface area contributed by atoms with Gasteiger partial charge in [0.05, 0.1) is 5.02 Å². The van der Waals surface area contributed by atoms with Crippen LogP contribution in [0.5, 0.6) is 0 Å². The van der Waals surface area contributed by atoms with Crippen LogP contribution in [0.1, 0.15) is 5.56 Å². The molecule has 1 heterocycles. The molecule has 74 valence electrons. The minimum Gasteiger partial charge on any atom is -0.396 e. The summed E-state index contributed by atoms with van der Waals surface area (Å²) in [5.74, 6) is 0. The largest absolute Gasteiger partial charge is 0.396 e. The third-order valence-corrected chi connectivity index (χ3v) is 2.71. The Labute approximate surface area is 87.7 Å². The smallest absolute Gasteiger partial charge is 0.0661 e. The monoisotopic (exact) mass is 209 g/mol. The Morgan fingerprint density at radius 2 is 2.21 bits per heavy atom. The number of aliphatic hydroxyl groups excluding tert-OH is 1. The zero-order valence-electron chi connectivity index (χ0n) is 8.00. The van der Waals surface area contributed by atoms with Gasteiger partial charge in [-0.15, -0.1) is 0 Å². The zero-order valence-corrected chi connectivity index (χ0v) is 8.75. The second kappa shape index (κ2) is 3.64. The Morgan fingerprint density at radius 1 is 1.43 bits per heavy atom. The van der Waals surface area contributed by atoms with Crippen molar-refractivity contribution in [3.05, 3.63) is 35.0 Å². The Kier molecular flexibility index (Phi) is 2.48. The molecule has 0 atom stereocenters. The fraction of sp³-hybridized carbons (Fsp3) is 0.273. The number of nitrogens with zero attached hydrogens (tertiary/aromatic N) is 1. The summed E-state index contributed by atoms with van der Waals surface area (Å²) >= 11 is 6.04. The summed E-state index contributed by atoms with van der Waals surface area (Å²) in [6, 6.07) is 6.07. The van der Waals surface area contributed by atoms with Crippen LogP contribution in [0.2, 0.25) is 5.02 Å². The van der Waals surface area contributed by atoms with E-state index in [1.807, 2.05) is 29.9 Å². The SMILES string of the molecule is Cn1cc(Cl)c2ccc(CCO)cc21. The summed E-state index contributed by atoms with van der Waals surface area (Å²) in [6.45, 7) is 0.184. The molecule has 3 heteroatoms. The molecule has 2 rings (SSSR count). The van der Waals surface area contributed by atoms with Gasteiger partial charge in [0.2, 0.25) is 0 Å². The Hall–Kier alpha value is -0.990. The second-order valence-electron chi connectivity index (χ2n) is 3.41. The zero-order chi connectivity index (χ0) is 10.1. The third kappa shape index (κ3) is 1.51. The van der Waals surface area contributed by atoms with E-state index in [2.05, 4.69) is 6.07 Å². The predicted octanol–water partition coefficient (Wildman–Crippen LogP) is 2.37. The van der Waals surface area contributed by atoms with Gasteiger partial charge >= 0.3 is 0 Å². The Bertz CT molecular complexity index is 462. The van der Waals surface area contributed by atoms with Crippen LogP contribution in [0.4, 0.5) is 0 Å². The Morgan fingerprint density at radius 3 is 2.93 bits per heavy atom. The first kappa shape index (κ1) is 9.56. The van der Waals surface area contributed by atoms with E-state index < -0.39 is 0 Å². The molecule has 0 saturated carbocycles. The minimum atomic E-state index is 0.184. The molecule has 0 amide bonds. The molecule has 1 N–H and O–H groups in total. The molecule has 0 fully saturated rings. The van der Waals surface area contributed by atoms with Crippen molar-refractivity contribution in [2.24, 2.45) is 7.05 Å². The lowest BCUT2D eigenvalue weighted by atomic mass is 10.1. The van der Waals surface area contributed by atoms with Crippen LogP contribution in [-0.4, -0.2) is 16.3 Å². The van der Waals surface area contributed by atoms with Crippen LogP contribution >= 0.6 is 11.6 Å². The molecule has 0 bridgehead atoms. The van der Waals surface area contributed by atoms with Crippen LogP contribution < -0.4 is 0 Å². The molecular formula is C11H12ClNO. The van der Waals surface area contributed by atoms with Gasteiger partial charge in [0.15, 0.2) is 0 Å². The van der Waals surface area contributed by atoms with E-state index in [0.29, 0.717) is 6.42 Å². The lowest BCUT2D eigenvalue weighted by Gasteiger charge is -2.00. The lowest BCUT2D eigenvalue weighted by molar-refractivity contribution is 0.299. The van der Waals surface area contributed by atoms with Crippen LogP contribution in [0.25, 0.3) is 10.9 Å². The molecule has 0 aliphatic carbocycles. The predicted molar refractivity (Wildman–Crippen MR) is 58.7 cm³/mol. The van der Waals surface area contributed by atoms with E-state index in [1.54, 1.807) is 0 Å². The van der Waals surface area contributed by atoms with E-state index in [9.17, 15) is 0 Å². The van der Waals surface area contributed by atoms with Crippen LogP contribution in [0.15, 0.2) is 24.4 Å². The van der Waals surface area contributed by atoms with Gasteiger partial charge in [-0.3, -0.25) is 0 Å². The van der Waals surface area contributed by atoms with Crippen LogP contribution in [0, 0.1) is 0 Å². The molecule has 1 aromatic heterocycles. The number of hydrogen-bond donors (Lipinski definition) is 1. The summed E-state index contributed by atoms with van der Waals surface area (Å²) in [4.78, 5) is 0. The summed E-state index contributed by atoms with van der Waals surface area (Å²) in [7, 11) is 1.97. The molecule has 0 aliphatic heterocycles. The highest BCUT2D eigenvalue weighted by Crippen LogP contribution is 2.25. The number of hydrogen-bond acceptors (Lipinski definition) is 1. The normalized spacial score (nSPS) is 11.1. The van der Waals surface area contributed by atoms with E-state index in [1.165, 1.54) is 0 Å². The fourth-order valence-corrected chi connectivity index (χ4v) is 1.97. The van der Waals surface area contributed by atoms with Crippen LogP contribution in [-0.2, 0) is 13.5 Å². The van der Waals surface area contributed by atoms with Crippen molar-refractivity contribution in [1.29, 1.82) is 0 Å². The van der Waals surface area contributed by atoms with Gasteiger partial charge in [-0.05, 0) is 18.1 Å². The van der Waals surface area contributed by atoms with E-state index in [-0.39, 0.29) is 6.61 Å². The summed E-state index contributed by atoms with van der Waals surface area (Å²) in [5.41, 5.74) is 2.25. The molecular weight excluding hydrogens is 198 g/mol. The lowest BCUT2D eigenvalue weighted by Crippen LogP contribution is -1.91.